The molecule has 0 saturated carbocycles. The second-order valence-electron chi connectivity index (χ2n) is 3.68. The number of methoxy groups -OCH3 is 2. The minimum Gasteiger partial charge on any atom is -0.480 e. The van der Waals surface area contributed by atoms with Gasteiger partial charge in [-0.25, -0.2) is 9.97 Å². The molecule has 0 bridgehead atoms. The maximum absolute atomic E-state index is 5.17. The second kappa shape index (κ2) is 4.95. The molecule has 1 radical (unpaired) electrons. The van der Waals surface area contributed by atoms with Crippen molar-refractivity contribution in [2.24, 2.45) is 0 Å². The van der Waals surface area contributed by atoms with Gasteiger partial charge in [0.25, 0.3) is 0 Å². The summed E-state index contributed by atoms with van der Waals surface area (Å²) in [5.41, 5.74) is 2.43. The molecule has 6 heteroatoms. The summed E-state index contributed by atoms with van der Waals surface area (Å²) >= 11 is 0. The molecule has 0 aromatic carbocycles. The van der Waals surface area contributed by atoms with Crippen LogP contribution in [0.2, 0.25) is 0 Å². The van der Waals surface area contributed by atoms with E-state index in [0.717, 1.165) is 11.3 Å². The smallest absolute Gasteiger partial charge is 0.232 e. The Labute approximate surface area is 105 Å². The first-order chi connectivity index (χ1) is 8.67. The van der Waals surface area contributed by atoms with Gasteiger partial charge in [-0.1, -0.05) is 0 Å². The highest BCUT2D eigenvalue weighted by atomic mass is 16.5. The van der Waals surface area contributed by atoms with E-state index in [2.05, 4.69) is 26.3 Å². The highest BCUT2D eigenvalue weighted by molar-refractivity contribution is 5.67. The summed E-state index contributed by atoms with van der Waals surface area (Å²) in [6, 6.07) is 0. The summed E-state index contributed by atoms with van der Waals surface area (Å²) in [5.74, 6) is 1.15. The molecule has 0 aliphatic rings. The van der Waals surface area contributed by atoms with Gasteiger partial charge >= 0.3 is 0 Å². The SMILES string of the molecule is COc1n[c]nc(OC)c1-c1ncc(C)c(C)n1. The van der Waals surface area contributed by atoms with Crippen molar-refractivity contribution in [2.75, 3.05) is 14.2 Å². The van der Waals surface area contributed by atoms with Crippen molar-refractivity contribution in [1.29, 1.82) is 0 Å². The van der Waals surface area contributed by atoms with Crippen LogP contribution in [0.1, 0.15) is 11.3 Å². The van der Waals surface area contributed by atoms with Gasteiger partial charge < -0.3 is 9.47 Å². The maximum Gasteiger partial charge on any atom is 0.232 e. The quantitative estimate of drug-likeness (QED) is 0.813. The summed E-state index contributed by atoms with van der Waals surface area (Å²) in [7, 11) is 3.03. The molecule has 0 unspecified atom stereocenters. The third-order valence-electron chi connectivity index (χ3n) is 2.57. The third-order valence-corrected chi connectivity index (χ3v) is 2.57. The average molecular weight is 245 g/mol. The van der Waals surface area contributed by atoms with Gasteiger partial charge in [0.2, 0.25) is 18.1 Å². The van der Waals surface area contributed by atoms with Crippen molar-refractivity contribution in [3.05, 3.63) is 23.8 Å². The second-order valence-corrected chi connectivity index (χ2v) is 3.68. The zero-order chi connectivity index (χ0) is 13.1. The molecular formula is C12H13N4O2. The number of nitrogens with zero attached hydrogens (tertiary/aromatic N) is 4. The van der Waals surface area contributed by atoms with Gasteiger partial charge in [-0.2, -0.15) is 9.97 Å². The van der Waals surface area contributed by atoms with Crippen LogP contribution in [-0.4, -0.2) is 34.2 Å². The highest BCUT2D eigenvalue weighted by Gasteiger charge is 2.18. The van der Waals surface area contributed by atoms with Crippen LogP contribution in [0.3, 0.4) is 0 Å². The van der Waals surface area contributed by atoms with Crippen LogP contribution >= 0.6 is 0 Å². The van der Waals surface area contributed by atoms with E-state index >= 15 is 0 Å². The van der Waals surface area contributed by atoms with Crippen molar-refractivity contribution in [3.63, 3.8) is 0 Å². The summed E-state index contributed by atoms with van der Waals surface area (Å²) in [5, 5.41) is 0. The monoisotopic (exact) mass is 245 g/mol. The van der Waals surface area contributed by atoms with Gasteiger partial charge in [-0.15, -0.1) is 0 Å². The number of ether oxygens (including phenoxy) is 2. The fourth-order valence-corrected chi connectivity index (χ4v) is 1.45. The largest absolute Gasteiger partial charge is 0.480 e. The Bertz CT molecular complexity index is 550. The van der Waals surface area contributed by atoms with Crippen molar-refractivity contribution >= 4 is 0 Å². The molecule has 0 saturated heterocycles. The fourth-order valence-electron chi connectivity index (χ4n) is 1.45. The van der Waals surface area contributed by atoms with Gasteiger partial charge in [0, 0.05) is 11.9 Å². The third kappa shape index (κ3) is 2.09. The van der Waals surface area contributed by atoms with Crippen LogP contribution < -0.4 is 9.47 Å². The van der Waals surface area contributed by atoms with E-state index in [4.69, 9.17) is 9.47 Å². The minimum atomic E-state index is 0.338. The molecule has 2 aromatic heterocycles. The van der Waals surface area contributed by atoms with Crippen molar-refractivity contribution < 1.29 is 9.47 Å². The van der Waals surface area contributed by atoms with E-state index < -0.39 is 0 Å². The molecule has 0 atom stereocenters. The first-order valence-electron chi connectivity index (χ1n) is 5.34. The topological polar surface area (TPSA) is 70.0 Å². The molecule has 2 rings (SSSR count). The lowest BCUT2D eigenvalue weighted by Crippen LogP contribution is -2.02. The van der Waals surface area contributed by atoms with Gasteiger partial charge in [-0.3, -0.25) is 0 Å². The zero-order valence-electron chi connectivity index (χ0n) is 10.7. The van der Waals surface area contributed by atoms with E-state index in [9.17, 15) is 0 Å². The van der Waals surface area contributed by atoms with E-state index in [0.29, 0.717) is 23.1 Å². The molecule has 93 valence electrons. The molecule has 0 amide bonds. The Kier molecular flexibility index (Phi) is 3.36. The van der Waals surface area contributed by atoms with E-state index in [1.54, 1.807) is 6.20 Å². The highest BCUT2D eigenvalue weighted by Crippen LogP contribution is 2.32. The first kappa shape index (κ1) is 12.2. The summed E-state index contributed by atoms with van der Waals surface area (Å²) in [4.78, 5) is 16.5. The van der Waals surface area contributed by atoms with Gasteiger partial charge in [-0.05, 0) is 19.4 Å². The standard InChI is InChI=1S/C12H13N4O2/c1-7-5-13-10(16-8(7)2)9-11(17-3)14-6-15-12(9)18-4/h5H,1-4H3. The number of hydrogen-bond acceptors (Lipinski definition) is 6. The Morgan fingerprint density at radius 2 is 1.67 bits per heavy atom. The van der Waals surface area contributed by atoms with E-state index in [-0.39, 0.29) is 0 Å². The van der Waals surface area contributed by atoms with Crippen molar-refractivity contribution in [1.82, 2.24) is 19.9 Å². The fraction of sp³-hybridized carbons (Fsp3) is 0.333. The number of aryl methyl sites for hydroxylation is 2. The van der Waals surface area contributed by atoms with E-state index in [1.165, 1.54) is 14.2 Å². The van der Waals surface area contributed by atoms with Crippen molar-refractivity contribution in [2.45, 2.75) is 13.8 Å². The molecule has 0 aliphatic carbocycles. The predicted molar refractivity (Wildman–Crippen MR) is 64.5 cm³/mol. The van der Waals surface area contributed by atoms with Crippen LogP contribution in [0.4, 0.5) is 0 Å². The number of hydrogen-bond donors (Lipinski definition) is 0. The van der Waals surface area contributed by atoms with E-state index in [1.807, 2.05) is 13.8 Å². The summed E-state index contributed by atoms with van der Waals surface area (Å²) in [6.07, 6.45) is 4.21. The van der Waals surface area contributed by atoms with Crippen LogP contribution in [-0.2, 0) is 0 Å². The molecule has 6 nitrogen and oxygen atoms in total. The van der Waals surface area contributed by atoms with Crippen LogP contribution in [0.5, 0.6) is 11.8 Å². The van der Waals surface area contributed by atoms with Crippen LogP contribution in [0.25, 0.3) is 11.4 Å². The molecule has 0 N–H and O–H groups in total. The molecule has 2 aromatic rings. The van der Waals surface area contributed by atoms with Gasteiger partial charge in [0.1, 0.15) is 5.56 Å². The number of aromatic nitrogens is 4. The molecule has 18 heavy (non-hydrogen) atoms. The Balaban J connectivity index is 2.64. The maximum atomic E-state index is 5.17. The zero-order valence-corrected chi connectivity index (χ0v) is 10.7. The van der Waals surface area contributed by atoms with Gasteiger partial charge in [0.05, 0.1) is 14.2 Å². The first-order valence-corrected chi connectivity index (χ1v) is 5.34. The summed E-state index contributed by atoms with van der Waals surface area (Å²) in [6.45, 7) is 3.86. The van der Waals surface area contributed by atoms with Crippen LogP contribution in [0, 0.1) is 20.2 Å². The predicted octanol–water partition coefficient (Wildman–Crippen LogP) is 1.37. The lowest BCUT2D eigenvalue weighted by Gasteiger charge is -2.10. The molecular weight excluding hydrogens is 232 g/mol. The van der Waals surface area contributed by atoms with Crippen LogP contribution in [0.15, 0.2) is 6.20 Å². The normalized spacial score (nSPS) is 10.2. The lowest BCUT2D eigenvalue weighted by atomic mass is 10.2. The summed E-state index contributed by atoms with van der Waals surface area (Å²) < 4.78 is 10.3. The van der Waals surface area contributed by atoms with Gasteiger partial charge in [0.15, 0.2) is 5.82 Å². The molecule has 0 fully saturated rings. The minimum absolute atomic E-state index is 0.338. The number of rotatable bonds is 3. The molecule has 0 spiro atoms. The Hall–Kier alpha value is -2.24. The Morgan fingerprint density at radius 1 is 1.06 bits per heavy atom. The average Bonchev–Trinajstić information content (AvgIpc) is 2.41. The van der Waals surface area contributed by atoms with Crippen molar-refractivity contribution in [3.8, 4) is 23.1 Å². The lowest BCUT2D eigenvalue weighted by molar-refractivity contribution is 0.373. The molecule has 0 aliphatic heterocycles. The Morgan fingerprint density at radius 3 is 2.17 bits per heavy atom. The molecule has 2 heterocycles.